The van der Waals surface area contributed by atoms with Gasteiger partial charge in [0, 0.05) is 17.6 Å². The van der Waals surface area contributed by atoms with Crippen molar-refractivity contribution in [3.63, 3.8) is 0 Å². The minimum Gasteiger partial charge on any atom is -0.308 e. The lowest BCUT2D eigenvalue weighted by atomic mass is 10.3. The van der Waals surface area contributed by atoms with Crippen LogP contribution in [0.15, 0.2) is 83.9 Å². The Morgan fingerprint density at radius 3 is 2.08 bits per heavy atom. The molecule has 0 spiro atoms. The van der Waals surface area contributed by atoms with Crippen molar-refractivity contribution in [2.24, 2.45) is 0 Å². The van der Waals surface area contributed by atoms with E-state index in [1.54, 1.807) is 66.9 Å². The van der Waals surface area contributed by atoms with Crippen LogP contribution in [0.25, 0.3) is 0 Å². The lowest BCUT2D eigenvalue weighted by molar-refractivity contribution is 0.262. The molecular formula is C18H16N4O3S. The highest BCUT2D eigenvalue weighted by atomic mass is 32.2. The fourth-order valence-electron chi connectivity index (χ4n) is 2.15. The average molecular weight is 368 g/mol. The van der Waals surface area contributed by atoms with Gasteiger partial charge in [0.2, 0.25) is 0 Å². The number of carbonyl (C=O) groups excluding carboxylic acids is 1. The topological polar surface area (TPSA) is 100 Å². The van der Waals surface area contributed by atoms with Crippen LogP contribution in [0.1, 0.15) is 0 Å². The van der Waals surface area contributed by atoms with Crippen LogP contribution in [-0.4, -0.2) is 19.4 Å². The molecule has 0 aliphatic carbocycles. The van der Waals surface area contributed by atoms with E-state index in [4.69, 9.17) is 0 Å². The maximum absolute atomic E-state index is 12.3. The van der Waals surface area contributed by atoms with Gasteiger partial charge in [0.1, 0.15) is 5.82 Å². The van der Waals surface area contributed by atoms with Crippen molar-refractivity contribution in [2.45, 2.75) is 4.90 Å². The maximum Gasteiger partial charge on any atom is 0.324 e. The molecule has 8 heteroatoms. The van der Waals surface area contributed by atoms with Gasteiger partial charge in [-0.25, -0.2) is 18.2 Å². The lowest BCUT2D eigenvalue weighted by Crippen LogP contribution is -2.20. The number of anilines is 3. The highest BCUT2D eigenvalue weighted by Gasteiger charge is 2.13. The third-order valence-corrected chi connectivity index (χ3v) is 4.75. The number of nitrogens with one attached hydrogen (secondary N) is 3. The molecule has 0 aliphatic rings. The van der Waals surface area contributed by atoms with Gasteiger partial charge < -0.3 is 5.32 Å². The van der Waals surface area contributed by atoms with Crippen LogP contribution in [0, 0.1) is 0 Å². The molecule has 132 valence electrons. The van der Waals surface area contributed by atoms with Crippen molar-refractivity contribution in [1.82, 2.24) is 4.98 Å². The summed E-state index contributed by atoms with van der Waals surface area (Å²) in [5.41, 5.74) is 0.908. The second-order valence-electron chi connectivity index (χ2n) is 5.29. The predicted molar refractivity (Wildman–Crippen MR) is 101 cm³/mol. The van der Waals surface area contributed by atoms with E-state index in [1.165, 1.54) is 12.1 Å². The molecule has 0 saturated heterocycles. The Kier molecular flexibility index (Phi) is 5.14. The van der Waals surface area contributed by atoms with Crippen LogP contribution in [0.2, 0.25) is 0 Å². The van der Waals surface area contributed by atoms with Gasteiger partial charge in [0.25, 0.3) is 10.0 Å². The highest BCUT2D eigenvalue weighted by molar-refractivity contribution is 7.92. The number of urea groups is 1. The van der Waals surface area contributed by atoms with Crippen molar-refractivity contribution < 1.29 is 13.2 Å². The smallest absolute Gasteiger partial charge is 0.308 e. The van der Waals surface area contributed by atoms with Crippen LogP contribution in [0.4, 0.5) is 22.0 Å². The van der Waals surface area contributed by atoms with Gasteiger partial charge in [0.15, 0.2) is 0 Å². The monoisotopic (exact) mass is 368 g/mol. The molecule has 3 N–H and O–H groups in total. The van der Waals surface area contributed by atoms with Gasteiger partial charge >= 0.3 is 6.03 Å². The van der Waals surface area contributed by atoms with Gasteiger partial charge in [-0.2, -0.15) is 0 Å². The first-order valence-electron chi connectivity index (χ1n) is 7.70. The summed E-state index contributed by atoms with van der Waals surface area (Å²) in [4.78, 5) is 16.1. The molecule has 0 fully saturated rings. The Bertz CT molecular complexity index is 976. The first-order valence-corrected chi connectivity index (χ1v) is 9.18. The van der Waals surface area contributed by atoms with Crippen LogP contribution in [0.3, 0.4) is 0 Å². The molecule has 0 radical (unpaired) electrons. The summed E-state index contributed by atoms with van der Waals surface area (Å²) in [5.74, 6) is 0.428. The number of carbonyl (C=O) groups is 1. The number of sulfonamides is 1. The third kappa shape index (κ3) is 4.58. The summed E-state index contributed by atoms with van der Waals surface area (Å²) in [6.07, 6.45) is 1.57. The highest BCUT2D eigenvalue weighted by Crippen LogP contribution is 2.18. The number of aromatic nitrogens is 1. The van der Waals surface area contributed by atoms with E-state index < -0.39 is 16.1 Å². The second-order valence-corrected chi connectivity index (χ2v) is 6.97. The molecule has 0 aliphatic heterocycles. The van der Waals surface area contributed by atoms with Gasteiger partial charge in [-0.05, 0) is 48.5 Å². The number of hydrogen-bond donors (Lipinski definition) is 3. The Morgan fingerprint density at radius 2 is 1.42 bits per heavy atom. The largest absolute Gasteiger partial charge is 0.324 e. The lowest BCUT2D eigenvalue weighted by Gasteiger charge is -2.10. The van der Waals surface area contributed by atoms with E-state index in [1.807, 2.05) is 0 Å². The zero-order valence-electron chi connectivity index (χ0n) is 13.6. The number of rotatable bonds is 5. The quantitative estimate of drug-likeness (QED) is 0.641. The zero-order chi connectivity index (χ0) is 18.4. The number of hydrogen-bond acceptors (Lipinski definition) is 4. The Balaban J connectivity index is 1.62. The molecule has 1 aromatic heterocycles. The average Bonchev–Trinajstić information content (AvgIpc) is 2.65. The predicted octanol–water partition coefficient (Wildman–Crippen LogP) is 3.53. The summed E-state index contributed by atoms with van der Waals surface area (Å²) >= 11 is 0. The number of pyridine rings is 1. The number of amides is 2. The minimum atomic E-state index is -3.65. The molecule has 26 heavy (non-hydrogen) atoms. The number of benzene rings is 2. The standard InChI is InChI=1S/C18H16N4O3S/c23-18(21-17-8-4-5-13-19-17)20-14-9-11-15(12-10-14)22-26(24,25)16-6-2-1-3-7-16/h1-13,22H,(H2,19,20,21,23). The molecular weight excluding hydrogens is 352 g/mol. The number of nitrogens with zero attached hydrogens (tertiary/aromatic N) is 1. The van der Waals surface area contributed by atoms with Gasteiger partial charge in [-0.1, -0.05) is 24.3 Å². The van der Waals surface area contributed by atoms with Crippen molar-refractivity contribution in [2.75, 3.05) is 15.4 Å². The van der Waals surface area contributed by atoms with Crippen molar-refractivity contribution in [3.05, 3.63) is 79.0 Å². The molecule has 0 unspecified atom stereocenters. The fraction of sp³-hybridized carbons (Fsp3) is 0. The zero-order valence-corrected chi connectivity index (χ0v) is 14.4. The maximum atomic E-state index is 12.3. The van der Waals surface area contributed by atoms with Gasteiger partial charge in [-0.15, -0.1) is 0 Å². The second kappa shape index (κ2) is 7.66. The molecule has 0 atom stereocenters. The van der Waals surface area contributed by atoms with Crippen molar-refractivity contribution >= 4 is 33.2 Å². The van der Waals surface area contributed by atoms with E-state index in [9.17, 15) is 13.2 Å². The van der Waals surface area contributed by atoms with E-state index in [2.05, 4.69) is 20.3 Å². The van der Waals surface area contributed by atoms with E-state index >= 15 is 0 Å². The molecule has 3 aromatic rings. The molecule has 1 heterocycles. The molecule has 0 bridgehead atoms. The van der Waals surface area contributed by atoms with Crippen molar-refractivity contribution in [3.8, 4) is 0 Å². The molecule has 3 rings (SSSR count). The minimum absolute atomic E-state index is 0.178. The fourth-order valence-corrected chi connectivity index (χ4v) is 3.23. The SMILES string of the molecule is O=C(Nc1ccc(NS(=O)(=O)c2ccccc2)cc1)Nc1ccccn1. The van der Waals surface area contributed by atoms with Crippen molar-refractivity contribution in [1.29, 1.82) is 0 Å². The van der Waals surface area contributed by atoms with Crippen LogP contribution >= 0.6 is 0 Å². The summed E-state index contributed by atoms with van der Waals surface area (Å²) in [6.45, 7) is 0. The molecule has 2 aromatic carbocycles. The first-order chi connectivity index (χ1) is 12.5. The Hall–Kier alpha value is -3.39. The van der Waals surface area contributed by atoms with E-state index in [0.29, 0.717) is 17.2 Å². The van der Waals surface area contributed by atoms with Crippen LogP contribution < -0.4 is 15.4 Å². The van der Waals surface area contributed by atoms with Crippen LogP contribution in [0.5, 0.6) is 0 Å². The summed E-state index contributed by atoms with van der Waals surface area (Å²) in [5, 5.41) is 5.24. The molecule has 2 amide bonds. The Labute approximate surface area is 151 Å². The van der Waals surface area contributed by atoms with E-state index in [0.717, 1.165) is 0 Å². The van der Waals surface area contributed by atoms with Gasteiger partial charge in [-0.3, -0.25) is 10.0 Å². The summed E-state index contributed by atoms with van der Waals surface area (Å²) < 4.78 is 27.0. The normalized spacial score (nSPS) is 10.8. The van der Waals surface area contributed by atoms with Gasteiger partial charge in [0.05, 0.1) is 4.90 Å². The first kappa shape index (κ1) is 17.4. The van der Waals surface area contributed by atoms with Crippen LogP contribution in [-0.2, 0) is 10.0 Å². The summed E-state index contributed by atoms with van der Waals surface area (Å²) in [6, 6.07) is 19.1. The van der Waals surface area contributed by atoms with E-state index in [-0.39, 0.29) is 4.90 Å². The molecule has 0 saturated carbocycles. The Morgan fingerprint density at radius 1 is 0.769 bits per heavy atom. The third-order valence-electron chi connectivity index (χ3n) is 3.35. The molecule has 7 nitrogen and oxygen atoms in total. The summed E-state index contributed by atoms with van der Waals surface area (Å²) in [7, 11) is -3.65.